The summed E-state index contributed by atoms with van der Waals surface area (Å²) in [6.07, 6.45) is 2.10. The Bertz CT molecular complexity index is 975. The van der Waals surface area contributed by atoms with Crippen LogP contribution in [-0.2, 0) is 14.3 Å². The summed E-state index contributed by atoms with van der Waals surface area (Å²) in [5.41, 5.74) is 3.34. The summed E-state index contributed by atoms with van der Waals surface area (Å²) in [5, 5.41) is 14.2. The fraction of sp³-hybridized carbons (Fsp3) is 0.364. The van der Waals surface area contributed by atoms with Crippen LogP contribution in [0.4, 0.5) is 10.8 Å². The second-order valence-corrected chi connectivity index (χ2v) is 7.49. The second-order valence-electron chi connectivity index (χ2n) is 6.65. The van der Waals surface area contributed by atoms with Gasteiger partial charge in [-0.3, -0.25) is 14.5 Å². The molecular formula is C22H26N4O3S. The van der Waals surface area contributed by atoms with E-state index >= 15 is 0 Å². The molecule has 1 aromatic carbocycles. The van der Waals surface area contributed by atoms with Crippen LogP contribution in [0, 0.1) is 25.2 Å². The van der Waals surface area contributed by atoms with Crippen molar-refractivity contribution in [2.45, 2.75) is 34.1 Å². The molecule has 0 unspecified atom stereocenters. The average Bonchev–Trinajstić information content (AvgIpc) is 3.16. The Hall–Kier alpha value is -3.02. The van der Waals surface area contributed by atoms with Gasteiger partial charge in [0.15, 0.2) is 5.13 Å². The first kappa shape index (κ1) is 23.3. The van der Waals surface area contributed by atoms with Gasteiger partial charge in [-0.25, -0.2) is 4.98 Å². The van der Waals surface area contributed by atoms with Crippen molar-refractivity contribution in [2.75, 3.05) is 24.7 Å². The van der Waals surface area contributed by atoms with Crippen molar-refractivity contribution in [3.63, 3.8) is 0 Å². The van der Waals surface area contributed by atoms with Gasteiger partial charge >= 0.3 is 0 Å². The van der Waals surface area contributed by atoms with E-state index in [0.717, 1.165) is 16.8 Å². The number of aromatic nitrogens is 1. The van der Waals surface area contributed by atoms with E-state index in [0.29, 0.717) is 37.0 Å². The standard InChI is InChI=1S/C22H26N4O3S/c1-5-29-10-6-9-24-21(28)18(13-23)12-19-14-30-22(25-19)26(17(4)27)20-8-7-15(2)16(3)11-20/h7-8,11-12,14H,5-6,9-10H2,1-4H3,(H,24,28)/b18-12+. The number of aryl methyl sites for hydroxylation is 2. The van der Waals surface area contributed by atoms with Crippen molar-refractivity contribution < 1.29 is 14.3 Å². The van der Waals surface area contributed by atoms with Crippen LogP contribution in [-0.4, -0.2) is 36.6 Å². The molecule has 0 fully saturated rings. The molecule has 1 N–H and O–H groups in total. The first-order valence-corrected chi connectivity index (χ1v) is 10.6. The van der Waals surface area contributed by atoms with E-state index in [-0.39, 0.29) is 11.5 Å². The highest BCUT2D eigenvalue weighted by atomic mass is 32.1. The maximum atomic E-state index is 12.3. The van der Waals surface area contributed by atoms with E-state index in [4.69, 9.17) is 4.74 Å². The van der Waals surface area contributed by atoms with Gasteiger partial charge in [-0.15, -0.1) is 11.3 Å². The number of thiazole rings is 1. The molecule has 0 saturated heterocycles. The minimum absolute atomic E-state index is 0.0381. The predicted octanol–water partition coefficient (Wildman–Crippen LogP) is 3.89. The van der Waals surface area contributed by atoms with Gasteiger partial charge in [0, 0.05) is 32.1 Å². The lowest BCUT2D eigenvalue weighted by molar-refractivity contribution is -0.117. The fourth-order valence-corrected chi connectivity index (χ4v) is 3.49. The monoisotopic (exact) mass is 426 g/mol. The summed E-state index contributed by atoms with van der Waals surface area (Å²) in [5.74, 6) is -0.628. The minimum atomic E-state index is -0.457. The van der Waals surface area contributed by atoms with Crippen LogP contribution in [0.1, 0.15) is 37.1 Å². The largest absolute Gasteiger partial charge is 0.382 e. The highest BCUT2D eigenvalue weighted by Gasteiger charge is 2.19. The van der Waals surface area contributed by atoms with Crippen LogP contribution in [0.25, 0.3) is 6.08 Å². The van der Waals surface area contributed by atoms with Gasteiger partial charge in [0.1, 0.15) is 11.6 Å². The van der Waals surface area contributed by atoms with Crippen LogP contribution in [0.15, 0.2) is 29.2 Å². The number of nitrogens with one attached hydrogen (secondary N) is 1. The Labute approximate surface area is 181 Å². The van der Waals surface area contributed by atoms with Gasteiger partial charge in [-0.1, -0.05) is 6.07 Å². The lowest BCUT2D eigenvalue weighted by Gasteiger charge is -2.19. The number of carbonyl (C=O) groups excluding carboxylic acids is 2. The van der Waals surface area contributed by atoms with E-state index in [1.165, 1.54) is 29.2 Å². The molecule has 0 bridgehead atoms. The van der Waals surface area contributed by atoms with Gasteiger partial charge in [-0.2, -0.15) is 5.26 Å². The second kappa shape index (κ2) is 11.2. The third-order valence-electron chi connectivity index (χ3n) is 4.38. The van der Waals surface area contributed by atoms with Crippen molar-refractivity contribution in [2.24, 2.45) is 0 Å². The topological polar surface area (TPSA) is 95.3 Å². The third kappa shape index (κ3) is 6.24. The van der Waals surface area contributed by atoms with Gasteiger partial charge in [0.2, 0.25) is 5.91 Å². The Balaban J connectivity index is 2.17. The van der Waals surface area contributed by atoms with Gasteiger partial charge in [-0.05, 0) is 56.5 Å². The molecule has 0 aliphatic heterocycles. The number of rotatable bonds is 9. The van der Waals surface area contributed by atoms with Crippen molar-refractivity contribution in [1.29, 1.82) is 5.26 Å². The summed E-state index contributed by atoms with van der Waals surface area (Å²) >= 11 is 1.27. The lowest BCUT2D eigenvalue weighted by atomic mass is 10.1. The zero-order valence-corrected chi connectivity index (χ0v) is 18.5. The Kier molecular flexibility index (Phi) is 8.71. The molecule has 0 spiro atoms. The zero-order chi connectivity index (χ0) is 22.1. The minimum Gasteiger partial charge on any atom is -0.382 e. The fourth-order valence-electron chi connectivity index (χ4n) is 2.65. The number of hydrogen-bond donors (Lipinski definition) is 1. The summed E-state index contributed by atoms with van der Waals surface area (Å²) in [6.45, 7) is 8.98. The number of nitriles is 1. The van der Waals surface area contributed by atoms with Crippen molar-refractivity contribution >= 4 is 40.0 Å². The highest BCUT2D eigenvalue weighted by molar-refractivity contribution is 7.14. The predicted molar refractivity (Wildman–Crippen MR) is 119 cm³/mol. The molecule has 158 valence electrons. The molecule has 2 aromatic rings. The van der Waals surface area contributed by atoms with E-state index in [1.54, 1.807) is 5.38 Å². The number of hydrogen-bond acceptors (Lipinski definition) is 6. The van der Waals surface area contributed by atoms with Crippen LogP contribution in [0.2, 0.25) is 0 Å². The van der Waals surface area contributed by atoms with Crippen molar-refractivity contribution in [3.8, 4) is 6.07 Å². The van der Waals surface area contributed by atoms with Crippen LogP contribution >= 0.6 is 11.3 Å². The Morgan fingerprint density at radius 2 is 2.10 bits per heavy atom. The number of benzene rings is 1. The SMILES string of the molecule is CCOCCCNC(=O)/C(C#N)=C/c1csc(N(C(C)=O)c2ccc(C)c(C)c2)n1. The molecule has 0 radical (unpaired) electrons. The van der Waals surface area contributed by atoms with Crippen molar-refractivity contribution in [1.82, 2.24) is 10.3 Å². The van der Waals surface area contributed by atoms with Crippen LogP contribution in [0.5, 0.6) is 0 Å². The maximum Gasteiger partial charge on any atom is 0.262 e. The van der Waals surface area contributed by atoms with Gasteiger partial charge < -0.3 is 10.1 Å². The summed E-state index contributed by atoms with van der Waals surface area (Å²) in [7, 11) is 0. The van der Waals surface area contributed by atoms with Crippen molar-refractivity contribution in [3.05, 3.63) is 46.0 Å². The van der Waals surface area contributed by atoms with Gasteiger partial charge in [0.05, 0.1) is 11.4 Å². The normalized spacial score (nSPS) is 11.1. The van der Waals surface area contributed by atoms with E-state index in [2.05, 4.69) is 10.3 Å². The maximum absolute atomic E-state index is 12.3. The zero-order valence-electron chi connectivity index (χ0n) is 17.7. The molecule has 2 rings (SSSR count). The molecule has 0 aliphatic carbocycles. The number of nitrogens with zero attached hydrogens (tertiary/aromatic N) is 3. The van der Waals surface area contributed by atoms with E-state index in [1.807, 2.05) is 45.0 Å². The number of ether oxygens (including phenoxy) is 1. The molecule has 0 aliphatic rings. The van der Waals surface area contributed by atoms with Crippen LogP contribution < -0.4 is 10.2 Å². The molecule has 1 aromatic heterocycles. The molecule has 1 heterocycles. The molecule has 0 atom stereocenters. The molecule has 8 heteroatoms. The Morgan fingerprint density at radius 3 is 2.73 bits per heavy atom. The smallest absolute Gasteiger partial charge is 0.262 e. The summed E-state index contributed by atoms with van der Waals surface area (Å²) in [4.78, 5) is 30.5. The summed E-state index contributed by atoms with van der Waals surface area (Å²) in [6, 6.07) is 7.67. The van der Waals surface area contributed by atoms with E-state index in [9.17, 15) is 14.9 Å². The quantitative estimate of drug-likeness (QED) is 0.373. The first-order valence-electron chi connectivity index (χ1n) is 9.68. The molecule has 2 amide bonds. The van der Waals surface area contributed by atoms with E-state index < -0.39 is 5.91 Å². The Morgan fingerprint density at radius 1 is 1.33 bits per heavy atom. The van der Waals surface area contributed by atoms with Crippen LogP contribution in [0.3, 0.4) is 0 Å². The highest BCUT2D eigenvalue weighted by Crippen LogP contribution is 2.30. The number of amides is 2. The molecule has 30 heavy (non-hydrogen) atoms. The lowest BCUT2D eigenvalue weighted by Crippen LogP contribution is -2.26. The summed E-state index contributed by atoms with van der Waals surface area (Å²) < 4.78 is 5.22. The molecule has 7 nitrogen and oxygen atoms in total. The first-order chi connectivity index (χ1) is 14.4. The average molecular weight is 427 g/mol. The third-order valence-corrected chi connectivity index (χ3v) is 5.22. The molecule has 0 saturated carbocycles. The molecular weight excluding hydrogens is 400 g/mol. The van der Waals surface area contributed by atoms with Gasteiger partial charge in [0.25, 0.3) is 5.91 Å². The number of carbonyl (C=O) groups is 2. The number of anilines is 2.